The fourth-order valence-electron chi connectivity index (χ4n) is 2.81. The highest BCUT2D eigenvalue weighted by atomic mass is 16.6. The summed E-state index contributed by atoms with van der Waals surface area (Å²) in [4.78, 5) is 0. The quantitative estimate of drug-likeness (QED) is 0.405. The van der Waals surface area contributed by atoms with Gasteiger partial charge in [-0.1, -0.05) is 24.3 Å². The second-order valence-electron chi connectivity index (χ2n) is 6.53. The number of phenolic OH excluding ortho intramolecular Hbond substituents is 2. The molecule has 2 aromatic carbocycles. The molecule has 0 unspecified atom stereocenters. The number of benzene rings is 2. The molecule has 150 valence electrons. The highest BCUT2D eigenvalue weighted by Crippen LogP contribution is 2.25. The summed E-state index contributed by atoms with van der Waals surface area (Å²) >= 11 is 0. The number of aliphatic hydroxyl groups excluding tert-OH is 4. The van der Waals surface area contributed by atoms with Crippen molar-refractivity contribution in [2.24, 2.45) is 0 Å². The zero-order chi connectivity index (χ0) is 20.3. The van der Waals surface area contributed by atoms with Crippen molar-refractivity contribution in [2.45, 2.75) is 30.7 Å². The third kappa shape index (κ3) is 4.80. The lowest BCUT2D eigenvalue weighted by Gasteiger charge is -2.38. The van der Waals surface area contributed by atoms with E-state index in [1.54, 1.807) is 42.5 Å². The fourth-order valence-corrected chi connectivity index (χ4v) is 2.81. The highest BCUT2D eigenvalue weighted by molar-refractivity contribution is 5.71. The first-order chi connectivity index (χ1) is 13.3. The molecule has 1 aliphatic heterocycles. The van der Waals surface area contributed by atoms with Gasteiger partial charge in [0.1, 0.15) is 48.3 Å². The predicted molar refractivity (Wildman–Crippen MR) is 99.5 cm³/mol. The average Bonchev–Trinajstić information content (AvgIpc) is 2.67. The minimum atomic E-state index is -1.64. The molecule has 1 fully saturated rings. The van der Waals surface area contributed by atoms with Gasteiger partial charge in [0, 0.05) is 6.07 Å². The first-order valence-corrected chi connectivity index (χ1v) is 8.65. The topological polar surface area (TPSA) is 140 Å². The van der Waals surface area contributed by atoms with E-state index in [1.807, 2.05) is 0 Å². The van der Waals surface area contributed by atoms with E-state index in [0.29, 0.717) is 5.56 Å². The van der Waals surface area contributed by atoms with Crippen molar-refractivity contribution in [3.63, 3.8) is 0 Å². The van der Waals surface area contributed by atoms with Crippen LogP contribution < -0.4 is 4.74 Å². The molecule has 1 saturated heterocycles. The second-order valence-corrected chi connectivity index (χ2v) is 6.53. The van der Waals surface area contributed by atoms with E-state index >= 15 is 0 Å². The van der Waals surface area contributed by atoms with Crippen molar-refractivity contribution in [2.75, 3.05) is 6.61 Å². The van der Waals surface area contributed by atoms with Gasteiger partial charge < -0.3 is 40.1 Å². The van der Waals surface area contributed by atoms with Gasteiger partial charge in [-0.3, -0.25) is 0 Å². The molecule has 28 heavy (non-hydrogen) atoms. The van der Waals surface area contributed by atoms with Gasteiger partial charge >= 0.3 is 0 Å². The normalized spacial score (nSPS) is 27.8. The molecule has 0 aliphatic carbocycles. The van der Waals surface area contributed by atoms with Gasteiger partial charge in [-0.25, -0.2) is 0 Å². The Balaban J connectivity index is 1.67. The maximum Gasteiger partial charge on any atom is 0.184 e. The second kappa shape index (κ2) is 8.59. The summed E-state index contributed by atoms with van der Waals surface area (Å²) in [5.74, 6) is 0.416. The Morgan fingerprint density at radius 3 is 2.18 bits per heavy atom. The molecule has 0 radical (unpaired) electrons. The Labute approximate surface area is 161 Å². The molecule has 8 heteroatoms. The smallest absolute Gasteiger partial charge is 0.184 e. The van der Waals surface area contributed by atoms with Crippen LogP contribution in [0.1, 0.15) is 11.1 Å². The number of phenols is 2. The number of aliphatic hydroxyl groups is 4. The lowest BCUT2D eigenvalue weighted by atomic mass is 9.99. The first-order valence-electron chi connectivity index (χ1n) is 8.65. The van der Waals surface area contributed by atoms with Crippen LogP contribution in [0.15, 0.2) is 42.5 Å². The van der Waals surface area contributed by atoms with Crippen LogP contribution in [-0.2, 0) is 4.74 Å². The maximum absolute atomic E-state index is 9.94. The zero-order valence-electron chi connectivity index (χ0n) is 14.8. The number of rotatable bonds is 5. The Hall–Kier alpha value is -2.62. The summed E-state index contributed by atoms with van der Waals surface area (Å²) in [6, 6.07) is 11.1. The molecule has 1 aliphatic rings. The summed E-state index contributed by atoms with van der Waals surface area (Å²) in [6.45, 7) is -0.216. The lowest BCUT2D eigenvalue weighted by molar-refractivity contribution is -0.285. The standard InChI is InChI=1S/C20H22O8/c21-13-5-3-11(4-6-13)1-2-12-7-14(22)9-15(8-12)27-10-16-17(23)18(24)19(25)20(26)28-16/h1-9,16-26H,10H2/b2-1-/t16-,17-,18+,19-,20-/m1/s1. The van der Waals surface area contributed by atoms with Crippen LogP contribution in [0.4, 0.5) is 0 Å². The number of aromatic hydroxyl groups is 2. The fraction of sp³-hybridized carbons (Fsp3) is 0.300. The SMILES string of the molecule is Oc1ccc(/C=C\c2cc(O)cc(OC[C@H]3O[C@@H](O)[C@H](O)[C@@H](O)[C@@H]3O)c2)cc1. The summed E-state index contributed by atoms with van der Waals surface area (Å²) in [7, 11) is 0. The van der Waals surface area contributed by atoms with E-state index in [-0.39, 0.29) is 23.9 Å². The van der Waals surface area contributed by atoms with E-state index < -0.39 is 30.7 Å². The first kappa shape index (κ1) is 20.1. The molecular weight excluding hydrogens is 368 g/mol. The van der Waals surface area contributed by atoms with Crippen LogP contribution in [0.25, 0.3) is 12.2 Å². The van der Waals surface area contributed by atoms with Crippen molar-refractivity contribution in [1.82, 2.24) is 0 Å². The highest BCUT2D eigenvalue weighted by Gasteiger charge is 2.43. The van der Waals surface area contributed by atoms with Crippen LogP contribution in [0.3, 0.4) is 0 Å². The minimum absolute atomic E-state index is 0.0385. The third-order valence-corrected chi connectivity index (χ3v) is 4.38. The van der Waals surface area contributed by atoms with Crippen LogP contribution in [0, 0.1) is 0 Å². The zero-order valence-corrected chi connectivity index (χ0v) is 14.8. The monoisotopic (exact) mass is 390 g/mol. The van der Waals surface area contributed by atoms with Gasteiger partial charge in [-0.2, -0.15) is 0 Å². The Kier molecular flexibility index (Phi) is 6.18. The molecule has 0 aromatic heterocycles. The van der Waals surface area contributed by atoms with Gasteiger partial charge in [-0.05, 0) is 35.4 Å². The third-order valence-electron chi connectivity index (χ3n) is 4.38. The Morgan fingerprint density at radius 1 is 0.786 bits per heavy atom. The lowest BCUT2D eigenvalue weighted by Crippen LogP contribution is -2.58. The Bertz CT molecular complexity index is 819. The van der Waals surface area contributed by atoms with Gasteiger partial charge in [-0.15, -0.1) is 0 Å². The van der Waals surface area contributed by atoms with Crippen molar-refractivity contribution in [1.29, 1.82) is 0 Å². The van der Waals surface area contributed by atoms with E-state index in [9.17, 15) is 30.6 Å². The van der Waals surface area contributed by atoms with Crippen LogP contribution >= 0.6 is 0 Å². The molecule has 8 nitrogen and oxygen atoms in total. The van der Waals surface area contributed by atoms with Gasteiger partial charge in [0.15, 0.2) is 6.29 Å². The minimum Gasteiger partial charge on any atom is -0.508 e. The van der Waals surface area contributed by atoms with Crippen LogP contribution in [0.5, 0.6) is 17.2 Å². The predicted octanol–water partition coefficient (Wildman–Crippen LogP) is 0.447. The Morgan fingerprint density at radius 2 is 1.46 bits per heavy atom. The molecule has 6 N–H and O–H groups in total. The molecule has 3 rings (SSSR count). The summed E-state index contributed by atoms with van der Waals surface area (Å²) < 4.78 is 10.6. The molecule has 0 spiro atoms. The molecule has 0 amide bonds. The van der Waals surface area contributed by atoms with E-state index in [2.05, 4.69) is 0 Å². The molecule has 0 bridgehead atoms. The van der Waals surface area contributed by atoms with Gasteiger partial charge in [0.05, 0.1) is 0 Å². The molecule has 5 atom stereocenters. The summed E-state index contributed by atoms with van der Waals surface area (Å²) in [5.41, 5.74) is 1.49. The van der Waals surface area contributed by atoms with Crippen LogP contribution in [0.2, 0.25) is 0 Å². The molecule has 2 aromatic rings. The van der Waals surface area contributed by atoms with Crippen molar-refractivity contribution >= 4 is 12.2 Å². The van der Waals surface area contributed by atoms with Crippen molar-refractivity contribution in [3.8, 4) is 17.2 Å². The number of ether oxygens (including phenoxy) is 2. The van der Waals surface area contributed by atoms with Crippen molar-refractivity contribution in [3.05, 3.63) is 53.6 Å². The molecular formula is C20H22O8. The number of hydrogen-bond donors (Lipinski definition) is 6. The van der Waals surface area contributed by atoms with Gasteiger partial charge in [0.2, 0.25) is 0 Å². The average molecular weight is 390 g/mol. The largest absolute Gasteiger partial charge is 0.508 e. The summed E-state index contributed by atoms with van der Waals surface area (Å²) in [5, 5.41) is 57.9. The maximum atomic E-state index is 9.94. The van der Waals surface area contributed by atoms with Crippen molar-refractivity contribution < 1.29 is 40.1 Å². The molecule has 0 saturated carbocycles. The van der Waals surface area contributed by atoms with E-state index in [1.165, 1.54) is 12.1 Å². The number of hydrogen-bond acceptors (Lipinski definition) is 8. The van der Waals surface area contributed by atoms with Gasteiger partial charge in [0.25, 0.3) is 0 Å². The van der Waals surface area contributed by atoms with Crippen LogP contribution in [-0.4, -0.2) is 68.0 Å². The van der Waals surface area contributed by atoms with E-state index in [4.69, 9.17) is 9.47 Å². The van der Waals surface area contributed by atoms with E-state index in [0.717, 1.165) is 5.56 Å². The summed E-state index contributed by atoms with van der Waals surface area (Å²) in [6.07, 6.45) is -3.78. The molecule has 1 heterocycles.